The van der Waals surface area contributed by atoms with Gasteiger partial charge in [0, 0.05) is 16.1 Å². The Kier molecular flexibility index (Phi) is 3.79. The van der Waals surface area contributed by atoms with Gasteiger partial charge in [-0.3, -0.25) is 4.98 Å². The number of hydrogen-bond donors (Lipinski definition) is 1. The van der Waals surface area contributed by atoms with Gasteiger partial charge in [0.05, 0.1) is 11.6 Å². The van der Waals surface area contributed by atoms with Crippen molar-refractivity contribution in [3.05, 3.63) is 75.4 Å². The van der Waals surface area contributed by atoms with Gasteiger partial charge in [-0.2, -0.15) is 0 Å². The summed E-state index contributed by atoms with van der Waals surface area (Å²) in [6.45, 7) is 4.19. The summed E-state index contributed by atoms with van der Waals surface area (Å²) in [5, 5.41) is 1.12. The molecule has 1 unspecified atom stereocenters. The van der Waals surface area contributed by atoms with Crippen LogP contribution in [0.2, 0.25) is 0 Å². The van der Waals surface area contributed by atoms with Gasteiger partial charge in [-0.25, -0.2) is 0 Å². The van der Waals surface area contributed by atoms with Crippen molar-refractivity contribution >= 4 is 26.8 Å². The second-order valence-electron chi connectivity index (χ2n) is 5.36. The predicted octanol–water partition coefficient (Wildman–Crippen LogP) is 4.66. The minimum absolute atomic E-state index is 0.150. The van der Waals surface area contributed by atoms with E-state index in [1.54, 1.807) is 0 Å². The van der Waals surface area contributed by atoms with E-state index < -0.39 is 0 Å². The van der Waals surface area contributed by atoms with Crippen LogP contribution in [0.25, 0.3) is 10.9 Å². The van der Waals surface area contributed by atoms with Crippen LogP contribution in [0, 0.1) is 13.8 Å². The second-order valence-corrected chi connectivity index (χ2v) is 6.16. The number of nitrogens with zero attached hydrogens (tertiary/aromatic N) is 1. The number of benzene rings is 2. The molecule has 0 amide bonds. The van der Waals surface area contributed by atoms with Crippen LogP contribution in [0.15, 0.2) is 53.1 Å². The predicted molar refractivity (Wildman–Crippen MR) is 91.4 cm³/mol. The lowest BCUT2D eigenvalue weighted by molar-refractivity contribution is 0.875. The molecule has 2 nitrogen and oxygen atoms in total. The zero-order valence-corrected chi connectivity index (χ0v) is 13.7. The van der Waals surface area contributed by atoms with Crippen LogP contribution in [-0.4, -0.2) is 4.98 Å². The van der Waals surface area contributed by atoms with Crippen LogP contribution in [0.4, 0.5) is 0 Å². The van der Waals surface area contributed by atoms with Crippen molar-refractivity contribution in [1.29, 1.82) is 0 Å². The second kappa shape index (κ2) is 5.58. The third kappa shape index (κ3) is 2.59. The number of hydrogen-bond acceptors (Lipinski definition) is 2. The summed E-state index contributed by atoms with van der Waals surface area (Å²) in [6.07, 6.45) is 1.81. The number of pyridine rings is 1. The quantitative estimate of drug-likeness (QED) is 0.736. The average Bonchev–Trinajstić information content (AvgIpc) is 2.51. The van der Waals surface area contributed by atoms with Gasteiger partial charge >= 0.3 is 0 Å². The van der Waals surface area contributed by atoms with Crippen LogP contribution in [0.5, 0.6) is 0 Å². The van der Waals surface area contributed by atoms with Crippen molar-refractivity contribution in [3.8, 4) is 0 Å². The van der Waals surface area contributed by atoms with E-state index in [9.17, 15) is 0 Å². The van der Waals surface area contributed by atoms with E-state index in [0.29, 0.717) is 0 Å². The standard InChI is InChI=1S/C18H17BrN2/c1-11-9-13(10-12(2)17(11)19)18(20)15-5-3-7-16-14(15)6-4-8-21-16/h3-10,18H,20H2,1-2H3. The molecule has 1 atom stereocenters. The van der Waals surface area contributed by atoms with E-state index in [-0.39, 0.29) is 6.04 Å². The van der Waals surface area contributed by atoms with Crippen LogP contribution in [-0.2, 0) is 0 Å². The highest BCUT2D eigenvalue weighted by Crippen LogP contribution is 2.30. The molecule has 1 heterocycles. The normalized spacial score (nSPS) is 12.6. The summed E-state index contributed by atoms with van der Waals surface area (Å²) >= 11 is 3.61. The molecule has 1 aromatic heterocycles. The summed E-state index contributed by atoms with van der Waals surface area (Å²) in [5.74, 6) is 0. The van der Waals surface area contributed by atoms with Crippen LogP contribution in [0.3, 0.4) is 0 Å². The Bertz CT molecular complexity index is 783. The molecule has 0 spiro atoms. The third-order valence-corrected chi connectivity index (χ3v) is 5.08. The van der Waals surface area contributed by atoms with Crippen LogP contribution in [0.1, 0.15) is 28.3 Å². The number of fused-ring (bicyclic) bond motifs is 1. The lowest BCUT2D eigenvalue weighted by Gasteiger charge is -2.17. The van der Waals surface area contributed by atoms with Gasteiger partial charge in [0.1, 0.15) is 0 Å². The molecule has 3 aromatic rings. The van der Waals surface area contributed by atoms with Gasteiger partial charge in [0.15, 0.2) is 0 Å². The largest absolute Gasteiger partial charge is 0.320 e. The van der Waals surface area contributed by atoms with Gasteiger partial charge in [-0.15, -0.1) is 0 Å². The Morgan fingerprint density at radius 2 is 1.76 bits per heavy atom. The Balaban J connectivity index is 2.15. The molecular weight excluding hydrogens is 324 g/mol. The summed E-state index contributed by atoms with van der Waals surface area (Å²) in [7, 11) is 0. The number of halogens is 1. The first-order valence-electron chi connectivity index (χ1n) is 6.94. The van der Waals surface area contributed by atoms with Crippen molar-refractivity contribution in [2.45, 2.75) is 19.9 Å². The Morgan fingerprint density at radius 3 is 2.48 bits per heavy atom. The fourth-order valence-electron chi connectivity index (χ4n) is 2.74. The van der Waals surface area contributed by atoms with Gasteiger partial charge in [0.2, 0.25) is 0 Å². The zero-order chi connectivity index (χ0) is 15.0. The SMILES string of the molecule is Cc1cc(C(N)c2cccc3ncccc23)cc(C)c1Br. The van der Waals surface area contributed by atoms with Gasteiger partial charge in [-0.05, 0) is 48.2 Å². The minimum atomic E-state index is -0.150. The van der Waals surface area contributed by atoms with Crippen molar-refractivity contribution in [1.82, 2.24) is 4.98 Å². The van der Waals surface area contributed by atoms with E-state index in [4.69, 9.17) is 5.73 Å². The van der Waals surface area contributed by atoms with E-state index in [1.807, 2.05) is 24.4 Å². The maximum absolute atomic E-state index is 6.53. The maximum Gasteiger partial charge on any atom is 0.0705 e. The number of aryl methyl sites for hydroxylation is 2. The number of aromatic nitrogens is 1. The van der Waals surface area contributed by atoms with Crippen LogP contribution >= 0.6 is 15.9 Å². The highest BCUT2D eigenvalue weighted by Gasteiger charge is 2.14. The van der Waals surface area contributed by atoms with E-state index in [1.165, 1.54) is 11.1 Å². The molecule has 3 heteroatoms. The Hall–Kier alpha value is -1.71. The molecule has 0 fully saturated rings. The zero-order valence-electron chi connectivity index (χ0n) is 12.1. The molecule has 0 aliphatic rings. The van der Waals surface area contributed by atoms with Crippen molar-refractivity contribution < 1.29 is 0 Å². The first kappa shape index (κ1) is 14.2. The van der Waals surface area contributed by atoms with E-state index in [0.717, 1.165) is 26.5 Å². The molecule has 2 N–H and O–H groups in total. The molecule has 3 rings (SSSR count). The lowest BCUT2D eigenvalue weighted by Crippen LogP contribution is -2.13. The fraction of sp³-hybridized carbons (Fsp3) is 0.167. The third-order valence-electron chi connectivity index (χ3n) is 3.83. The molecule has 0 saturated carbocycles. The van der Waals surface area contributed by atoms with Gasteiger partial charge in [-0.1, -0.05) is 46.3 Å². The van der Waals surface area contributed by atoms with E-state index >= 15 is 0 Å². The van der Waals surface area contributed by atoms with Crippen molar-refractivity contribution in [2.75, 3.05) is 0 Å². The lowest BCUT2D eigenvalue weighted by atomic mass is 9.94. The number of rotatable bonds is 2. The Morgan fingerprint density at radius 1 is 1.05 bits per heavy atom. The van der Waals surface area contributed by atoms with Crippen LogP contribution < -0.4 is 5.73 Å². The molecule has 0 radical (unpaired) electrons. The monoisotopic (exact) mass is 340 g/mol. The topological polar surface area (TPSA) is 38.9 Å². The Labute approximate surface area is 133 Å². The molecule has 21 heavy (non-hydrogen) atoms. The smallest absolute Gasteiger partial charge is 0.0705 e. The summed E-state index contributed by atoms with van der Waals surface area (Å²) < 4.78 is 1.15. The highest BCUT2D eigenvalue weighted by molar-refractivity contribution is 9.10. The molecule has 0 bridgehead atoms. The molecule has 2 aromatic carbocycles. The summed E-state index contributed by atoms with van der Waals surface area (Å²) in [6, 6.07) is 14.3. The van der Waals surface area contributed by atoms with Gasteiger partial charge < -0.3 is 5.73 Å². The first-order valence-corrected chi connectivity index (χ1v) is 7.73. The molecular formula is C18H17BrN2. The van der Waals surface area contributed by atoms with E-state index in [2.05, 4.69) is 59.0 Å². The first-order chi connectivity index (χ1) is 10.1. The molecule has 0 saturated heterocycles. The minimum Gasteiger partial charge on any atom is -0.320 e. The van der Waals surface area contributed by atoms with Crippen molar-refractivity contribution in [3.63, 3.8) is 0 Å². The highest BCUT2D eigenvalue weighted by atomic mass is 79.9. The average molecular weight is 341 g/mol. The molecule has 0 aliphatic carbocycles. The fourth-order valence-corrected chi connectivity index (χ4v) is 2.97. The summed E-state index contributed by atoms with van der Waals surface area (Å²) in [5.41, 5.74) is 12.2. The number of nitrogens with two attached hydrogens (primary N) is 1. The van der Waals surface area contributed by atoms with Gasteiger partial charge in [0.25, 0.3) is 0 Å². The molecule has 106 valence electrons. The summed E-state index contributed by atoms with van der Waals surface area (Å²) in [4.78, 5) is 4.40. The maximum atomic E-state index is 6.53. The van der Waals surface area contributed by atoms with Crippen molar-refractivity contribution in [2.24, 2.45) is 5.73 Å². The molecule has 0 aliphatic heterocycles.